The Morgan fingerprint density at radius 3 is 2.82 bits per heavy atom. The van der Waals surface area contributed by atoms with Crippen molar-refractivity contribution in [3.8, 4) is 0 Å². The molecule has 0 aliphatic heterocycles. The van der Waals surface area contributed by atoms with E-state index in [0.717, 1.165) is 0 Å². The Balaban J connectivity index is 2.52. The standard InChI is InChI=1S/C9H12N2O4S2/c1-6(12)11-7(9(13)14)4-17(15)5-8-10-2-3-16-8/h2-3,7H,4-5H2,1H3,(H,11,12)(H,13,14)/t7-,17?/m0/s1. The van der Waals surface area contributed by atoms with Gasteiger partial charge in [-0.1, -0.05) is 0 Å². The predicted octanol–water partition coefficient (Wildman–Crippen LogP) is -0.0189. The molecule has 1 aromatic rings. The molecule has 2 atom stereocenters. The first-order chi connectivity index (χ1) is 7.99. The molecule has 1 aromatic heterocycles. The van der Waals surface area contributed by atoms with Gasteiger partial charge in [0, 0.05) is 29.3 Å². The average Bonchev–Trinajstić information content (AvgIpc) is 2.68. The molecule has 0 aromatic carbocycles. The van der Waals surface area contributed by atoms with Crippen molar-refractivity contribution >= 4 is 34.0 Å². The molecule has 0 aliphatic rings. The topological polar surface area (TPSA) is 96.4 Å². The van der Waals surface area contributed by atoms with E-state index >= 15 is 0 Å². The smallest absolute Gasteiger partial charge is 0.327 e. The number of carbonyl (C=O) groups is 2. The molecule has 1 unspecified atom stereocenters. The summed E-state index contributed by atoms with van der Waals surface area (Å²) in [5, 5.41) is 13.5. The molecule has 6 nitrogen and oxygen atoms in total. The summed E-state index contributed by atoms with van der Waals surface area (Å²) in [4.78, 5) is 25.5. The Hall–Kier alpha value is -1.28. The molecule has 94 valence electrons. The molecular weight excluding hydrogens is 264 g/mol. The van der Waals surface area contributed by atoms with E-state index in [2.05, 4.69) is 10.3 Å². The maximum Gasteiger partial charge on any atom is 0.327 e. The Morgan fingerprint density at radius 1 is 1.65 bits per heavy atom. The maximum absolute atomic E-state index is 11.7. The average molecular weight is 276 g/mol. The van der Waals surface area contributed by atoms with Crippen molar-refractivity contribution in [2.45, 2.75) is 18.7 Å². The fourth-order valence-electron chi connectivity index (χ4n) is 1.13. The van der Waals surface area contributed by atoms with E-state index in [1.165, 1.54) is 18.3 Å². The van der Waals surface area contributed by atoms with Gasteiger partial charge in [-0.25, -0.2) is 9.78 Å². The van der Waals surface area contributed by atoms with Gasteiger partial charge in [0.1, 0.15) is 11.0 Å². The first-order valence-corrected chi connectivity index (χ1v) is 7.09. The van der Waals surface area contributed by atoms with E-state index in [9.17, 15) is 13.8 Å². The van der Waals surface area contributed by atoms with Crippen LogP contribution in [0, 0.1) is 0 Å². The van der Waals surface area contributed by atoms with Crippen LogP contribution in [-0.4, -0.2) is 38.0 Å². The molecule has 1 amide bonds. The molecule has 0 aliphatic carbocycles. The fraction of sp³-hybridized carbons (Fsp3) is 0.444. The quantitative estimate of drug-likeness (QED) is 0.761. The molecule has 0 saturated heterocycles. The van der Waals surface area contributed by atoms with Crippen LogP contribution in [0.4, 0.5) is 0 Å². The molecule has 0 fully saturated rings. The molecule has 8 heteroatoms. The minimum atomic E-state index is -1.36. The second-order valence-electron chi connectivity index (χ2n) is 3.27. The number of aliphatic carboxylic acids is 1. The van der Waals surface area contributed by atoms with Crippen LogP contribution in [-0.2, 0) is 26.1 Å². The van der Waals surface area contributed by atoms with Crippen LogP contribution < -0.4 is 5.32 Å². The third-order valence-corrected chi connectivity index (χ3v) is 4.06. The number of aromatic nitrogens is 1. The summed E-state index contributed by atoms with van der Waals surface area (Å²) in [6, 6.07) is -1.12. The molecule has 0 radical (unpaired) electrons. The maximum atomic E-state index is 11.7. The van der Waals surface area contributed by atoms with Crippen LogP contribution in [0.1, 0.15) is 11.9 Å². The molecule has 1 heterocycles. The summed E-state index contributed by atoms with van der Waals surface area (Å²) in [5.41, 5.74) is 0. The number of thiazole rings is 1. The number of carbonyl (C=O) groups excluding carboxylic acids is 1. The van der Waals surface area contributed by atoms with Crippen molar-refractivity contribution in [2.75, 3.05) is 5.75 Å². The van der Waals surface area contributed by atoms with E-state index in [4.69, 9.17) is 5.11 Å². The lowest BCUT2D eigenvalue weighted by Gasteiger charge is -2.12. The molecular formula is C9H12N2O4S2. The van der Waals surface area contributed by atoms with E-state index in [0.29, 0.717) is 5.01 Å². The summed E-state index contributed by atoms with van der Waals surface area (Å²) < 4.78 is 11.7. The Labute approximate surface area is 105 Å². The van der Waals surface area contributed by atoms with Gasteiger partial charge >= 0.3 is 5.97 Å². The lowest BCUT2D eigenvalue weighted by atomic mass is 10.3. The third kappa shape index (κ3) is 5.05. The third-order valence-electron chi connectivity index (χ3n) is 1.80. The first kappa shape index (κ1) is 13.8. The van der Waals surface area contributed by atoms with Crippen molar-refractivity contribution in [2.24, 2.45) is 0 Å². The van der Waals surface area contributed by atoms with Gasteiger partial charge < -0.3 is 10.4 Å². The lowest BCUT2D eigenvalue weighted by molar-refractivity contribution is -0.140. The van der Waals surface area contributed by atoms with Crippen LogP contribution in [0.5, 0.6) is 0 Å². The van der Waals surface area contributed by atoms with Crippen LogP contribution in [0.3, 0.4) is 0 Å². The highest BCUT2D eigenvalue weighted by Gasteiger charge is 2.21. The summed E-state index contributed by atoms with van der Waals surface area (Å²) in [6.45, 7) is 1.22. The zero-order valence-corrected chi connectivity index (χ0v) is 10.7. The predicted molar refractivity (Wildman–Crippen MR) is 64.1 cm³/mol. The summed E-state index contributed by atoms with van der Waals surface area (Å²) in [5.74, 6) is -1.55. The van der Waals surface area contributed by atoms with E-state index in [1.54, 1.807) is 11.6 Å². The molecule has 0 spiro atoms. The number of rotatable bonds is 6. The second kappa shape index (κ2) is 6.45. The van der Waals surface area contributed by atoms with E-state index in [1.807, 2.05) is 0 Å². The van der Waals surface area contributed by atoms with Crippen molar-refractivity contribution in [3.05, 3.63) is 16.6 Å². The molecule has 17 heavy (non-hydrogen) atoms. The number of amides is 1. The van der Waals surface area contributed by atoms with Gasteiger partial charge in [0.15, 0.2) is 0 Å². The minimum Gasteiger partial charge on any atom is -0.480 e. The minimum absolute atomic E-state index is 0.117. The highest BCUT2D eigenvalue weighted by molar-refractivity contribution is 7.84. The van der Waals surface area contributed by atoms with Gasteiger partial charge in [0.2, 0.25) is 5.91 Å². The molecule has 0 bridgehead atoms. The van der Waals surface area contributed by atoms with E-state index < -0.39 is 28.7 Å². The van der Waals surface area contributed by atoms with Gasteiger partial charge in [0.05, 0.1) is 11.5 Å². The van der Waals surface area contributed by atoms with Crippen LogP contribution in [0.25, 0.3) is 0 Å². The van der Waals surface area contributed by atoms with Gasteiger partial charge in [-0.15, -0.1) is 11.3 Å². The van der Waals surface area contributed by atoms with Gasteiger partial charge in [-0.05, 0) is 0 Å². The number of carboxylic acid groups (broad SMARTS) is 1. The zero-order valence-electron chi connectivity index (χ0n) is 9.08. The summed E-state index contributed by atoms with van der Waals surface area (Å²) in [7, 11) is -1.36. The zero-order chi connectivity index (χ0) is 12.8. The monoisotopic (exact) mass is 276 g/mol. The van der Waals surface area contributed by atoms with E-state index in [-0.39, 0.29) is 11.5 Å². The SMILES string of the molecule is CC(=O)N[C@@H](CS(=O)Cc1nccs1)C(=O)O. The number of nitrogens with one attached hydrogen (secondary N) is 1. The molecule has 1 rings (SSSR count). The first-order valence-electron chi connectivity index (χ1n) is 4.72. The van der Waals surface area contributed by atoms with Crippen LogP contribution >= 0.6 is 11.3 Å². The summed E-state index contributed by atoms with van der Waals surface area (Å²) in [6.07, 6.45) is 1.60. The Bertz CT molecular complexity index is 419. The largest absolute Gasteiger partial charge is 0.480 e. The number of nitrogens with zero attached hydrogens (tertiary/aromatic N) is 1. The summed E-state index contributed by atoms with van der Waals surface area (Å²) >= 11 is 1.36. The lowest BCUT2D eigenvalue weighted by Crippen LogP contribution is -2.43. The Morgan fingerprint density at radius 2 is 2.35 bits per heavy atom. The Kier molecular flexibility index (Phi) is 5.23. The van der Waals surface area contributed by atoms with Gasteiger partial charge in [-0.2, -0.15) is 0 Å². The highest BCUT2D eigenvalue weighted by Crippen LogP contribution is 2.07. The van der Waals surface area contributed by atoms with Crippen molar-refractivity contribution < 1.29 is 18.9 Å². The van der Waals surface area contributed by atoms with Crippen molar-refractivity contribution in [1.29, 1.82) is 0 Å². The van der Waals surface area contributed by atoms with Crippen molar-refractivity contribution in [3.63, 3.8) is 0 Å². The van der Waals surface area contributed by atoms with Gasteiger partial charge in [-0.3, -0.25) is 9.00 Å². The molecule has 2 N–H and O–H groups in total. The fourth-order valence-corrected chi connectivity index (χ4v) is 3.26. The van der Waals surface area contributed by atoms with Crippen LogP contribution in [0.2, 0.25) is 0 Å². The highest BCUT2D eigenvalue weighted by atomic mass is 32.2. The van der Waals surface area contributed by atoms with Crippen LogP contribution in [0.15, 0.2) is 11.6 Å². The van der Waals surface area contributed by atoms with Crippen molar-refractivity contribution in [1.82, 2.24) is 10.3 Å². The van der Waals surface area contributed by atoms with Gasteiger partial charge in [0.25, 0.3) is 0 Å². The number of hydrogen-bond donors (Lipinski definition) is 2. The number of carboxylic acids is 1. The normalized spacial score (nSPS) is 13.9. The number of hydrogen-bond acceptors (Lipinski definition) is 5. The molecule has 0 saturated carbocycles. The second-order valence-corrected chi connectivity index (χ2v) is 5.75.